The number of benzene rings is 2. The van der Waals surface area contributed by atoms with E-state index in [2.05, 4.69) is 35.9 Å². The van der Waals surface area contributed by atoms with Gasteiger partial charge >= 0.3 is 0 Å². The SMILES string of the molecule is C=CC=C(C=CC)C1c2cc(OC(C)C)c(OC)cc2CC(=O)N1c1ccc(C(C)N2CCNCC2=N)cc1. The van der Waals surface area contributed by atoms with Crippen molar-refractivity contribution in [2.45, 2.75) is 52.3 Å². The number of methoxy groups -OCH3 is 1. The quantitative estimate of drug-likeness (QED) is 0.406. The van der Waals surface area contributed by atoms with Crippen LogP contribution in [-0.4, -0.2) is 49.5 Å². The van der Waals surface area contributed by atoms with Crippen LogP contribution >= 0.6 is 0 Å². The van der Waals surface area contributed by atoms with Gasteiger partial charge in [-0.05, 0) is 74.2 Å². The summed E-state index contributed by atoms with van der Waals surface area (Å²) in [5.74, 6) is 1.89. The van der Waals surface area contributed by atoms with Crippen LogP contribution in [0.1, 0.15) is 56.5 Å². The minimum absolute atomic E-state index is 0.0104. The molecule has 2 N–H and O–H groups in total. The number of nitrogens with zero attached hydrogens (tertiary/aromatic N) is 2. The zero-order chi connectivity index (χ0) is 28.1. The van der Waals surface area contributed by atoms with Gasteiger partial charge in [-0.15, -0.1) is 0 Å². The maximum absolute atomic E-state index is 13.8. The average Bonchev–Trinajstić information content (AvgIpc) is 2.92. The Bertz CT molecular complexity index is 1280. The molecule has 2 heterocycles. The number of nitrogens with one attached hydrogen (secondary N) is 2. The third-order valence-electron chi connectivity index (χ3n) is 7.23. The highest BCUT2D eigenvalue weighted by Gasteiger charge is 2.36. The van der Waals surface area contributed by atoms with Gasteiger partial charge in [0.05, 0.1) is 38.3 Å². The second-order valence-corrected chi connectivity index (χ2v) is 10.2. The zero-order valence-electron chi connectivity index (χ0n) is 23.7. The van der Waals surface area contributed by atoms with Crippen LogP contribution in [0.4, 0.5) is 5.69 Å². The Labute approximate surface area is 232 Å². The fourth-order valence-electron chi connectivity index (χ4n) is 5.41. The molecule has 1 fully saturated rings. The van der Waals surface area contributed by atoms with E-state index in [1.165, 1.54) is 0 Å². The number of anilines is 1. The minimum atomic E-state index is -0.361. The summed E-state index contributed by atoms with van der Waals surface area (Å²) in [6.45, 7) is 14.3. The molecule has 0 saturated carbocycles. The summed E-state index contributed by atoms with van der Waals surface area (Å²) in [7, 11) is 1.62. The van der Waals surface area contributed by atoms with E-state index in [1.54, 1.807) is 13.2 Å². The number of rotatable bonds is 9. The number of amides is 1. The van der Waals surface area contributed by atoms with Gasteiger partial charge < -0.3 is 24.6 Å². The summed E-state index contributed by atoms with van der Waals surface area (Å²) in [5, 5.41) is 11.6. The Morgan fingerprint density at radius 1 is 1.18 bits per heavy atom. The third kappa shape index (κ3) is 5.93. The molecule has 1 saturated heterocycles. The molecular formula is C32H40N4O3. The molecule has 0 bridgehead atoms. The fourth-order valence-corrected chi connectivity index (χ4v) is 5.41. The summed E-state index contributed by atoms with van der Waals surface area (Å²) in [4.78, 5) is 17.8. The molecule has 0 spiro atoms. The molecule has 7 heteroatoms. The lowest BCUT2D eigenvalue weighted by molar-refractivity contribution is -0.118. The van der Waals surface area contributed by atoms with Crippen molar-refractivity contribution in [1.82, 2.24) is 10.2 Å². The number of carbonyl (C=O) groups excluding carboxylic acids is 1. The number of amidine groups is 1. The highest BCUT2D eigenvalue weighted by atomic mass is 16.5. The molecule has 2 aliphatic rings. The molecule has 2 aliphatic heterocycles. The maximum Gasteiger partial charge on any atom is 0.232 e. The molecule has 2 atom stereocenters. The van der Waals surface area contributed by atoms with Crippen molar-refractivity contribution in [3.05, 3.63) is 89.5 Å². The second kappa shape index (κ2) is 12.3. The van der Waals surface area contributed by atoms with Crippen molar-refractivity contribution in [2.24, 2.45) is 0 Å². The molecule has 206 valence electrons. The van der Waals surface area contributed by atoms with Gasteiger partial charge in [0.1, 0.15) is 5.84 Å². The Morgan fingerprint density at radius 3 is 2.54 bits per heavy atom. The molecule has 7 nitrogen and oxygen atoms in total. The Morgan fingerprint density at radius 2 is 1.92 bits per heavy atom. The molecule has 2 aromatic carbocycles. The van der Waals surface area contributed by atoms with Crippen LogP contribution in [0, 0.1) is 5.41 Å². The van der Waals surface area contributed by atoms with Crippen molar-refractivity contribution in [2.75, 3.05) is 31.6 Å². The second-order valence-electron chi connectivity index (χ2n) is 10.2. The lowest BCUT2D eigenvalue weighted by Gasteiger charge is -2.39. The predicted octanol–water partition coefficient (Wildman–Crippen LogP) is 5.74. The van der Waals surface area contributed by atoms with E-state index in [-0.39, 0.29) is 30.5 Å². The number of hydrogen-bond donors (Lipinski definition) is 2. The van der Waals surface area contributed by atoms with E-state index >= 15 is 0 Å². The first-order chi connectivity index (χ1) is 18.8. The van der Waals surface area contributed by atoms with Gasteiger partial charge in [0, 0.05) is 18.8 Å². The van der Waals surface area contributed by atoms with Gasteiger partial charge in [-0.25, -0.2) is 0 Å². The number of fused-ring (bicyclic) bond motifs is 1. The lowest BCUT2D eigenvalue weighted by atomic mass is 9.86. The van der Waals surface area contributed by atoms with Crippen molar-refractivity contribution < 1.29 is 14.3 Å². The van der Waals surface area contributed by atoms with E-state index in [4.69, 9.17) is 14.9 Å². The summed E-state index contributed by atoms with van der Waals surface area (Å²) in [6.07, 6.45) is 7.96. The Balaban J connectivity index is 1.79. The summed E-state index contributed by atoms with van der Waals surface area (Å²) >= 11 is 0. The summed E-state index contributed by atoms with van der Waals surface area (Å²) in [6, 6.07) is 11.8. The molecule has 1 amide bonds. The predicted molar refractivity (Wildman–Crippen MR) is 158 cm³/mol. The van der Waals surface area contributed by atoms with E-state index in [9.17, 15) is 4.79 Å². The van der Waals surface area contributed by atoms with Crippen LogP contribution in [0.3, 0.4) is 0 Å². The van der Waals surface area contributed by atoms with Gasteiger partial charge in [-0.3, -0.25) is 10.2 Å². The van der Waals surface area contributed by atoms with Crippen molar-refractivity contribution in [3.8, 4) is 11.5 Å². The van der Waals surface area contributed by atoms with Crippen LogP contribution in [0.2, 0.25) is 0 Å². The van der Waals surface area contributed by atoms with Crippen molar-refractivity contribution in [1.29, 1.82) is 5.41 Å². The van der Waals surface area contributed by atoms with Gasteiger partial charge in [0.25, 0.3) is 0 Å². The standard InChI is InChI=1S/C32H40N4O3/c1-7-9-24(10-8-2)32-27-19-29(39-21(3)4)28(38-6)17-25(27)18-31(37)36(32)26-13-11-23(12-14-26)22(5)35-16-15-34-20-30(35)33/h7-14,17,19,21-22,32-34H,1,15-16,18,20H2,2-6H3. The average molecular weight is 529 g/mol. The van der Waals surface area contributed by atoms with Crippen molar-refractivity contribution >= 4 is 17.4 Å². The molecule has 0 radical (unpaired) electrons. The van der Waals surface area contributed by atoms with Gasteiger partial charge in [0.2, 0.25) is 5.91 Å². The molecule has 2 unspecified atom stereocenters. The first-order valence-electron chi connectivity index (χ1n) is 13.6. The molecule has 39 heavy (non-hydrogen) atoms. The van der Waals surface area contributed by atoms with Crippen LogP contribution < -0.4 is 19.7 Å². The molecular weight excluding hydrogens is 488 g/mol. The van der Waals surface area contributed by atoms with Gasteiger partial charge in [0.15, 0.2) is 11.5 Å². The van der Waals surface area contributed by atoms with E-state index in [1.807, 2.05) is 68.2 Å². The first kappa shape index (κ1) is 28.2. The topological polar surface area (TPSA) is 77.9 Å². The molecule has 0 aliphatic carbocycles. The first-order valence-corrected chi connectivity index (χ1v) is 13.6. The van der Waals surface area contributed by atoms with E-state index in [0.717, 1.165) is 41.0 Å². The summed E-state index contributed by atoms with van der Waals surface area (Å²) in [5.41, 5.74) is 4.82. The van der Waals surface area contributed by atoms with E-state index < -0.39 is 0 Å². The summed E-state index contributed by atoms with van der Waals surface area (Å²) < 4.78 is 11.7. The van der Waals surface area contributed by atoms with Crippen molar-refractivity contribution in [3.63, 3.8) is 0 Å². The fraction of sp³-hybridized carbons (Fsp3) is 0.375. The Hall–Kier alpha value is -3.84. The van der Waals surface area contributed by atoms with Crippen LogP contribution in [-0.2, 0) is 11.2 Å². The normalized spacial score (nSPS) is 18.9. The Kier molecular flexibility index (Phi) is 8.92. The molecule has 2 aromatic rings. The number of allylic oxidation sites excluding steroid dienone is 3. The van der Waals surface area contributed by atoms with Crippen LogP contribution in [0.25, 0.3) is 0 Å². The molecule has 4 rings (SSSR count). The number of piperazine rings is 1. The van der Waals surface area contributed by atoms with Crippen LogP contribution in [0.5, 0.6) is 11.5 Å². The number of hydrogen-bond acceptors (Lipinski definition) is 5. The van der Waals surface area contributed by atoms with Crippen LogP contribution in [0.15, 0.2) is 72.9 Å². The van der Waals surface area contributed by atoms with E-state index in [0.29, 0.717) is 23.9 Å². The maximum atomic E-state index is 13.8. The monoisotopic (exact) mass is 528 g/mol. The molecule has 0 aromatic heterocycles. The smallest absolute Gasteiger partial charge is 0.232 e. The minimum Gasteiger partial charge on any atom is -0.493 e. The lowest BCUT2D eigenvalue weighted by Crippen LogP contribution is -2.48. The zero-order valence-corrected chi connectivity index (χ0v) is 23.7. The van der Waals surface area contributed by atoms with Gasteiger partial charge in [-0.2, -0.15) is 0 Å². The third-order valence-corrected chi connectivity index (χ3v) is 7.23. The van der Waals surface area contributed by atoms with Gasteiger partial charge in [-0.1, -0.05) is 43.0 Å². The number of ether oxygens (including phenoxy) is 2. The number of carbonyl (C=O) groups is 1. The highest BCUT2D eigenvalue weighted by molar-refractivity contribution is 5.98. The highest BCUT2D eigenvalue weighted by Crippen LogP contribution is 2.44. The largest absolute Gasteiger partial charge is 0.493 e.